The number of aliphatic imine (C=N–C) groups is 2. The van der Waals surface area contributed by atoms with Gasteiger partial charge in [-0.2, -0.15) is 0 Å². The van der Waals surface area contributed by atoms with Crippen molar-refractivity contribution in [3.63, 3.8) is 0 Å². The Morgan fingerprint density at radius 2 is 0.830 bits per heavy atom. The number of aliphatic hydroxyl groups excluding tert-OH is 2. The Labute approximate surface area is 302 Å². The van der Waals surface area contributed by atoms with E-state index in [1.54, 1.807) is 0 Å². The molecule has 0 saturated carbocycles. The van der Waals surface area contributed by atoms with Crippen LogP contribution in [0.1, 0.15) is 51.4 Å². The van der Waals surface area contributed by atoms with Gasteiger partial charge in [-0.25, -0.2) is 4.79 Å². The Morgan fingerprint density at radius 1 is 0.491 bits per heavy atom. The van der Waals surface area contributed by atoms with Gasteiger partial charge in [0.15, 0.2) is 11.9 Å². The molecule has 0 radical (unpaired) electrons. The van der Waals surface area contributed by atoms with Gasteiger partial charge in [0.2, 0.25) is 29.5 Å². The SMILES string of the molecule is NC(N)=NCCC[C@H](NC(=O)[C@H](CO)NC(=O)[C@H](CCC(=O)O)NC(=O)[C@H](CCCN=C(N)N)NC(=O)[C@@H](N)CO)C(=O)N[C@@H](CCC(=O)O)C(=O)O. The molecule has 0 aromatic heterocycles. The zero-order chi connectivity index (χ0) is 40.7. The lowest BCUT2D eigenvalue weighted by molar-refractivity contribution is -0.143. The topological polar surface area (TPSA) is 453 Å². The number of amides is 5. The minimum Gasteiger partial charge on any atom is -0.481 e. The second-order valence-electron chi connectivity index (χ2n) is 11.4. The van der Waals surface area contributed by atoms with Crippen LogP contribution in [0.25, 0.3) is 0 Å². The Bertz CT molecular complexity index is 1340. The van der Waals surface area contributed by atoms with Crippen LogP contribution in [0.3, 0.4) is 0 Å². The molecule has 0 saturated heterocycles. The first-order chi connectivity index (χ1) is 24.8. The molecule has 0 heterocycles. The number of aliphatic hydroxyl groups is 2. The molecule has 25 heteroatoms. The maximum absolute atomic E-state index is 13.3. The summed E-state index contributed by atoms with van der Waals surface area (Å²) >= 11 is 0. The standard InChI is InChI=1S/C28H50N12O13/c29-13(11-41)21(47)36-14(3-1-9-34-27(30)31)22(48)38-16(5-7-19(43)44)24(50)40-18(12-42)25(51)37-15(4-2-10-35-28(32)33)23(49)39-17(26(52)53)6-8-20(45)46/h13-18,41-42H,1-12,29H2,(H,36,47)(H,37,51)(H,38,48)(H,39,49)(H,40,50)(H,43,44)(H,45,46)(H,52,53)(H4,30,31,34)(H4,32,33,35)/t13-,14-,15-,16-,17-,18-/m0/s1. The van der Waals surface area contributed by atoms with Crippen molar-refractivity contribution in [2.75, 3.05) is 26.3 Å². The van der Waals surface area contributed by atoms with E-state index in [0.29, 0.717) is 0 Å². The van der Waals surface area contributed by atoms with Crippen molar-refractivity contribution in [1.29, 1.82) is 0 Å². The monoisotopic (exact) mass is 762 g/mol. The quantitative estimate of drug-likeness (QED) is 0.0210. The number of nitrogens with one attached hydrogen (secondary N) is 5. The number of nitrogens with two attached hydrogens (primary N) is 5. The number of hydrogen-bond donors (Lipinski definition) is 15. The van der Waals surface area contributed by atoms with E-state index in [1.165, 1.54) is 0 Å². The van der Waals surface area contributed by atoms with E-state index in [0.717, 1.165) is 0 Å². The molecular formula is C28H50N12O13. The smallest absolute Gasteiger partial charge is 0.326 e. The highest BCUT2D eigenvalue weighted by atomic mass is 16.4. The Morgan fingerprint density at radius 3 is 1.19 bits per heavy atom. The molecule has 0 unspecified atom stereocenters. The summed E-state index contributed by atoms with van der Waals surface area (Å²) in [7, 11) is 0. The van der Waals surface area contributed by atoms with Gasteiger partial charge in [-0.05, 0) is 38.5 Å². The molecule has 5 amide bonds. The van der Waals surface area contributed by atoms with Crippen molar-refractivity contribution in [2.45, 2.75) is 87.6 Å². The van der Waals surface area contributed by atoms with E-state index in [-0.39, 0.29) is 50.7 Å². The fourth-order valence-electron chi connectivity index (χ4n) is 4.25. The Hall–Kier alpha value is -5.82. The number of guanidine groups is 2. The molecular weight excluding hydrogens is 712 g/mol. The Balaban J connectivity index is 6.14. The average molecular weight is 763 g/mol. The summed E-state index contributed by atoms with van der Waals surface area (Å²) in [5, 5.41) is 57.9. The van der Waals surface area contributed by atoms with Crippen LogP contribution in [0.15, 0.2) is 9.98 Å². The van der Waals surface area contributed by atoms with E-state index in [1.807, 2.05) is 0 Å². The zero-order valence-corrected chi connectivity index (χ0v) is 28.7. The summed E-state index contributed by atoms with van der Waals surface area (Å²) in [5.41, 5.74) is 26.7. The lowest BCUT2D eigenvalue weighted by Crippen LogP contribution is -2.60. The van der Waals surface area contributed by atoms with Crippen molar-refractivity contribution in [3.05, 3.63) is 0 Å². The molecule has 0 bridgehead atoms. The number of carboxylic acid groups (broad SMARTS) is 3. The van der Waals surface area contributed by atoms with Crippen LogP contribution in [0.4, 0.5) is 0 Å². The van der Waals surface area contributed by atoms with Gasteiger partial charge >= 0.3 is 17.9 Å². The second kappa shape index (κ2) is 25.2. The van der Waals surface area contributed by atoms with Crippen molar-refractivity contribution in [3.8, 4) is 0 Å². The third kappa shape index (κ3) is 20.6. The van der Waals surface area contributed by atoms with Crippen LogP contribution in [-0.2, 0) is 38.4 Å². The molecule has 0 spiro atoms. The summed E-state index contributed by atoms with van der Waals surface area (Å²) in [6.07, 6.45) is -2.48. The number of nitrogens with zero attached hydrogens (tertiary/aromatic N) is 2. The first-order valence-electron chi connectivity index (χ1n) is 16.1. The molecule has 0 fully saturated rings. The highest BCUT2D eigenvalue weighted by Crippen LogP contribution is 2.07. The van der Waals surface area contributed by atoms with Crippen LogP contribution < -0.4 is 55.3 Å². The van der Waals surface area contributed by atoms with Crippen molar-refractivity contribution >= 4 is 59.4 Å². The van der Waals surface area contributed by atoms with E-state index < -0.39 is 123 Å². The van der Waals surface area contributed by atoms with Gasteiger partial charge in [-0.3, -0.25) is 43.5 Å². The largest absolute Gasteiger partial charge is 0.481 e. The van der Waals surface area contributed by atoms with Crippen LogP contribution >= 0.6 is 0 Å². The molecule has 0 aliphatic heterocycles. The zero-order valence-electron chi connectivity index (χ0n) is 28.7. The summed E-state index contributed by atoms with van der Waals surface area (Å²) in [4.78, 5) is 107. The first-order valence-corrected chi connectivity index (χ1v) is 16.1. The van der Waals surface area contributed by atoms with Crippen molar-refractivity contribution in [2.24, 2.45) is 38.7 Å². The van der Waals surface area contributed by atoms with Crippen LogP contribution in [0.2, 0.25) is 0 Å². The third-order valence-corrected chi connectivity index (χ3v) is 7.05. The number of rotatable bonds is 27. The normalized spacial score (nSPS) is 14.0. The summed E-state index contributed by atoms with van der Waals surface area (Å²) in [6.45, 7) is -1.86. The molecule has 25 nitrogen and oxygen atoms in total. The van der Waals surface area contributed by atoms with Gasteiger partial charge in [0.25, 0.3) is 0 Å². The molecule has 0 aromatic carbocycles. The highest BCUT2D eigenvalue weighted by molar-refractivity contribution is 5.96. The second-order valence-corrected chi connectivity index (χ2v) is 11.4. The predicted octanol–water partition coefficient (Wildman–Crippen LogP) is -7.36. The molecule has 6 atom stereocenters. The van der Waals surface area contributed by atoms with Gasteiger partial charge in [0, 0.05) is 25.9 Å². The summed E-state index contributed by atoms with van der Waals surface area (Å²) < 4.78 is 0. The van der Waals surface area contributed by atoms with Gasteiger partial charge in [0.1, 0.15) is 36.3 Å². The molecule has 0 aliphatic rings. The Kier molecular flexibility index (Phi) is 22.4. The maximum Gasteiger partial charge on any atom is 0.326 e. The lowest BCUT2D eigenvalue weighted by atomic mass is 10.1. The van der Waals surface area contributed by atoms with Gasteiger partial charge < -0.3 is 80.8 Å². The van der Waals surface area contributed by atoms with Gasteiger partial charge in [0.05, 0.1) is 13.2 Å². The van der Waals surface area contributed by atoms with E-state index in [4.69, 9.17) is 33.8 Å². The predicted molar refractivity (Wildman–Crippen MR) is 183 cm³/mol. The van der Waals surface area contributed by atoms with Gasteiger partial charge in [-0.15, -0.1) is 0 Å². The molecule has 300 valence electrons. The number of carbonyl (C=O) groups is 8. The van der Waals surface area contributed by atoms with Crippen LogP contribution in [0.5, 0.6) is 0 Å². The first kappa shape index (κ1) is 47.2. The molecule has 20 N–H and O–H groups in total. The summed E-state index contributed by atoms with van der Waals surface area (Å²) in [6, 6.07) is -9.49. The number of aliphatic carboxylic acids is 3. The van der Waals surface area contributed by atoms with E-state index >= 15 is 0 Å². The third-order valence-electron chi connectivity index (χ3n) is 7.05. The minimum atomic E-state index is -1.82. The van der Waals surface area contributed by atoms with E-state index in [9.17, 15) is 58.8 Å². The van der Waals surface area contributed by atoms with Crippen LogP contribution in [-0.4, -0.2) is 147 Å². The molecule has 0 aliphatic carbocycles. The average Bonchev–Trinajstić information content (AvgIpc) is 3.08. The van der Waals surface area contributed by atoms with Crippen LogP contribution in [0, 0.1) is 0 Å². The number of carboxylic acids is 3. The number of hydrogen-bond acceptors (Lipinski definition) is 13. The van der Waals surface area contributed by atoms with Crippen molar-refractivity contribution < 1.29 is 63.9 Å². The van der Waals surface area contributed by atoms with Gasteiger partial charge in [-0.1, -0.05) is 0 Å². The number of carbonyl (C=O) groups excluding carboxylic acids is 5. The van der Waals surface area contributed by atoms with Crippen molar-refractivity contribution in [1.82, 2.24) is 26.6 Å². The fourth-order valence-corrected chi connectivity index (χ4v) is 4.25. The highest BCUT2D eigenvalue weighted by Gasteiger charge is 2.33. The lowest BCUT2D eigenvalue weighted by Gasteiger charge is -2.26. The minimum absolute atomic E-state index is 0.0247. The fraction of sp³-hybridized carbons (Fsp3) is 0.643. The van der Waals surface area contributed by atoms with E-state index in [2.05, 4.69) is 36.6 Å². The maximum atomic E-state index is 13.3. The molecule has 0 rings (SSSR count). The summed E-state index contributed by atoms with van der Waals surface area (Å²) in [5.74, 6) is -10.1. The molecule has 53 heavy (non-hydrogen) atoms. The molecule has 0 aromatic rings.